The second-order valence-electron chi connectivity index (χ2n) is 5.65. The molecule has 5 nitrogen and oxygen atoms in total. The number of likely N-dealkylation sites (N-methyl/N-ethyl adjacent to an activating group) is 1. The summed E-state index contributed by atoms with van der Waals surface area (Å²) in [5, 5.41) is 3.01. The van der Waals surface area contributed by atoms with Crippen LogP contribution < -0.4 is 5.32 Å². The highest BCUT2D eigenvalue weighted by Crippen LogP contribution is 2.21. The summed E-state index contributed by atoms with van der Waals surface area (Å²) in [7, 11) is 0. The van der Waals surface area contributed by atoms with Crippen LogP contribution in [0.3, 0.4) is 0 Å². The van der Waals surface area contributed by atoms with Crippen molar-refractivity contribution in [2.75, 3.05) is 19.6 Å². The molecule has 1 N–H and O–H groups in total. The highest BCUT2D eigenvalue weighted by atomic mass is 16.1. The standard InChI is InChI=1S/C18H24N4O/c1-4-22(14(2)3)10-9-21-18(23)17-8-6-5-7-16(17)15-11-19-13-20-12-15/h5-8,11-14H,4,9-10H2,1-3H3,(H,21,23). The summed E-state index contributed by atoms with van der Waals surface area (Å²) < 4.78 is 0. The Balaban J connectivity index is 2.06. The lowest BCUT2D eigenvalue weighted by molar-refractivity contribution is 0.0946. The number of benzene rings is 1. The predicted molar refractivity (Wildman–Crippen MR) is 92.2 cm³/mol. The van der Waals surface area contributed by atoms with E-state index in [0.717, 1.165) is 24.2 Å². The van der Waals surface area contributed by atoms with Crippen LogP contribution in [0, 0.1) is 0 Å². The van der Waals surface area contributed by atoms with E-state index in [-0.39, 0.29) is 5.91 Å². The molecule has 23 heavy (non-hydrogen) atoms. The van der Waals surface area contributed by atoms with Crippen molar-refractivity contribution in [3.05, 3.63) is 48.5 Å². The van der Waals surface area contributed by atoms with Crippen molar-refractivity contribution in [1.29, 1.82) is 0 Å². The van der Waals surface area contributed by atoms with E-state index in [0.29, 0.717) is 18.2 Å². The second kappa shape index (κ2) is 8.39. The Morgan fingerprint density at radius 3 is 2.57 bits per heavy atom. The number of aromatic nitrogens is 2. The topological polar surface area (TPSA) is 58.1 Å². The maximum atomic E-state index is 12.5. The molecule has 2 aromatic rings. The van der Waals surface area contributed by atoms with Gasteiger partial charge in [0.15, 0.2) is 0 Å². The van der Waals surface area contributed by atoms with E-state index < -0.39 is 0 Å². The largest absolute Gasteiger partial charge is 0.351 e. The van der Waals surface area contributed by atoms with E-state index in [1.165, 1.54) is 6.33 Å². The average Bonchev–Trinajstić information content (AvgIpc) is 2.59. The van der Waals surface area contributed by atoms with Crippen LogP contribution in [0.15, 0.2) is 43.0 Å². The minimum atomic E-state index is -0.0655. The summed E-state index contributed by atoms with van der Waals surface area (Å²) in [5.41, 5.74) is 2.34. The lowest BCUT2D eigenvalue weighted by atomic mass is 10.0. The normalized spacial score (nSPS) is 11.0. The van der Waals surface area contributed by atoms with Crippen molar-refractivity contribution in [2.45, 2.75) is 26.8 Å². The molecule has 5 heteroatoms. The maximum Gasteiger partial charge on any atom is 0.251 e. The molecule has 1 heterocycles. The third kappa shape index (κ3) is 4.60. The number of rotatable bonds is 7. The van der Waals surface area contributed by atoms with Crippen molar-refractivity contribution in [3.63, 3.8) is 0 Å². The Morgan fingerprint density at radius 2 is 1.91 bits per heavy atom. The smallest absolute Gasteiger partial charge is 0.251 e. The molecule has 0 aliphatic rings. The highest BCUT2D eigenvalue weighted by Gasteiger charge is 2.13. The number of nitrogens with zero attached hydrogens (tertiary/aromatic N) is 3. The van der Waals surface area contributed by atoms with Gasteiger partial charge in [-0.3, -0.25) is 9.69 Å². The first-order valence-corrected chi connectivity index (χ1v) is 8.00. The van der Waals surface area contributed by atoms with E-state index in [4.69, 9.17) is 0 Å². The van der Waals surface area contributed by atoms with Crippen molar-refractivity contribution in [2.24, 2.45) is 0 Å². The summed E-state index contributed by atoms with van der Waals surface area (Å²) in [6.45, 7) is 8.91. The van der Waals surface area contributed by atoms with Crippen molar-refractivity contribution in [1.82, 2.24) is 20.2 Å². The molecule has 0 saturated carbocycles. The van der Waals surface area contributed by atoms with Gasteiger partial charge in [-0.15, -0.1) is 0 Å². The van der Waals surface area contributed by atoms with Gasteiger partial charge in [0.25, 0.3) is 5.91 Å². The molecule has 0 saturated heterocycles. The molecule has 2 rings (SSSR count). The Kier molecular flexibility index (Phi) is 6.23. The fourth-order valence-corrected chi connectivity index (χ4v) is 2.56. The monoisotopic (exact) mass is 312 g/mol. The van der Waals surface area contributed by atoms with Gasteiger partial charge in [0.05, 0.1) is 0 Å². The molecular formula is C18H24N4O. The lowest BCUT2D eigenvalue weighted by Crippen LogP contribution is -2.38. The van der Waals surface area contributed by atoms with E-state index in [2.05, 4.69) is 41.0 Å². The molecule has 0 fully saturated rings. The molecule has 1 amide bonds. The Hall–Kier alpha value is -2.27. The van der Waals surface area contributed by atoms with Crippen LogP contribution in [0.5, 0.6) is 0 Å². The minimum absolute atomic E-state index is 0.0655. The summed E-state index contributed by atoms with van der Waals surface area (Å²) in [6, 6.07) is 8.01. The molecule has 0 aliphatic carbocycles. The first kappa shape index (κ1) is 17.1. The zero-order valence-electron chi connectivity index (χ0n) is 14.0. The molecule has 1 aromatic heterocycles. The van der Waals surface area contributed by atoms with E-state index in [9.17, 15) is 4.79 Å². The number of hydrogen-bond acceptors (Lipinski definition) is 4. The Bertz CT molecular complexity index is 628. The molecule has 0 unspecified atom stereocenters. The predicted octanol–water partition coefficient (Wildman–Crippen LogP) is 2.60. The lowest BCUT2D eigenvalue weighted by Gasteiger charge is -2.24. The van der Waals surface area contributed by atoms with Crippen molar-refractivity contribution < 1.29 is 4.79 Å². The number of amides is 1. The van der Waals surface area contributed by atoms with Crippen LogP contribution in [0.25, 0.3) is 11.1 Å². The maximum absolute atomic E-state index is 12.5. The Morgan fingerprint density at radius 1 is 1.22 bits per heavy atom. The summed E-state index contributed by atoms with van der Waals surface area (Å²) in [6.07, 6.45) is 4.92. The molecule has 0 bridgehead atoms. The molecule has 1 aromatic carbocycles. The Labute approximate surface area is 137 Å². The van der Waals surface area contributed by atoms with Gasteiger partial charge in [-0.2, -0.15) is 0 Å². The molecule has 0 atom stereocenters. The van der Waals surface area contributed by atoms with Crippen LogP contribution in [-0.2, 0) is 0 Å². The van der Waals surface area contributed by atoms with Crippen LogP contribution in [0.1, 0.15) is 31.1 Å². The van der Waals surface area contributed by atoms with Crippen molar-refractivity contribution in [3.8, 4) is 11.1 Å². The molecule has 122 valence electrons. The number of carbonyl (C=O) groups excluding carboxylic acids is 1. The van der Waals surface area contributed by atoms with Gasteiger partial charge in [0.1, 0.15) is 6.33 Å². The van der Waals surface area contributed by atoms with E-state index in [1.807, 2.05) is 24.3 Å². The van der Waals surface area contributed by atoms with E-state index >= 15 is 0 Å². The highest BCUT2D eigenvalue weighted by molar-refractivity contribution is 6.00. The average molecular weight is 312 g/mol. The zero-order valence-corrected chi connectivity index (χ0v) is 14.0. The molecule has 0 spiro atoms. The van der Waals surface area contributed by atoms with Crippen LogP contribution in [0.4, 0.5) is 0 Å². The third-order valence-electron chi connectivity index (χ3n) is 3.86. The molecule has 0 radical (unpaired) electrons. The fraction of sp³-hybridized carbons (Fsp3) is 0.389. The molecular weight excluding hydrogens is 288 g/mol. The summed E-state index contributed by atoms with van der Waals surface area (Å²) >= 11 is 0. The SMILES string of the molecule is CCN(CCNC(=O)c1ccccc1-c1cncnc1)C(C)C. The number of hydrogen-bond donors (Lipinski definition) is 1. The minimum Gasteiger partial charge on any atom is -0.351 e. The summed E-state index contributed by atoms with van der Waals surface area (Å²) in [5.74, 6) is -0.0655. The van der Waals surface area contributed by atoms with Crippen LogP contribution in [-0.4, -0.2) is 46.5 Å². The number of nitrogens with one attached hydrogen (secondary N) is 1. The fourth-order valence-electron chi connectivity index (χ4n) is 2.56. The van der Waals surface area contributed by atoms with Gasteiger partial charge in [0.2, 0.25) is 0 Å². The molecule has 0 aliphatic heterocycles. The quantitative estimate of drug-likeness (QED) is 0.854. The van der Waals surface area contributed by atoms with Crippen molar-refractivity contribution >= 4 is 5.91 Å². The second-order valence-corrected chi connectivity index (χ2v) is 5.65. The number of carbonyl (C=O) groups is 1. The van der Waals surface area contributed by atoms with Crippen LogP contribution in [0.2, 0.25) is 0 Å². The summed E-state index contributed by atoms with van der Waals surface area (Å²) in [4.78, 5) is 22.9. The van der Waals surface area contributed by atoms with Gasteiger partial charge >= 0.3 is 0 Å². The van der Waals surface area contributed by atoms with Gasteiger partial charge < -0.3 is 5.32 Å². The van der Waals surface area contributed by atoms with E-state index in [1.54, 1.807) is 12.4 Å². The first-order valence-electron chi connectivity index (χ1n) is 8.00. The van der Waals surface area contributed by atoms with Gasteiger partial charge in [-0.05, 0) is 32.0 Å². The third-order valence-corrected chi connectivity index (χ3v) is 3.86. The van der Waals surface area contributed by atoms with Gasteiger partial charge in [-0.1, -0.05) is 25.1 Å². The van der Waals surface area contributed by atoms with Crippen LogP contribution >= 0.6 is 0 Å². The van der Waals surface area contributed by atoms with Gasteiger partial charge in [0, 0.05) is 42.7 Å². The van der Waals surface area contributed by atoms with Gasteiger partial charge in [-0.25, -0.2) is 9.97 Å². The zero-order chi connectivity index (χ0) is 16.7. The first-order chi connectivity index (χ1) is 11.1.